The van der Waals surface area contributed by atoms with Gasteiger partial charge in [-0.3, -0.25) is 14.9 Å². The number of nitrogens with one attached hydrogen (secondary N) is 1. The molecule has 1 aliphatic carbocycles. The summed E-state index contributed by atoms with van der Waals surface area (Å²) in [4.78, 5) is 29.0. The predicted octanol–water partition coefficient (Wildman–Crippen LogP) is 5.96. The van der Waals surface area contributed by atoms with Crippen molar-refractivity contribution in [3.63, 3.8) is 0 Å². The molecule has 1 saturated heterocycles. The van der Waals surface area contributed by atoms with Crippen LogP contribution >= 0.6 is 12.4 Å². The van der Waals surface area contributed by atoms with Crippen LogP contribution in [0.2, 0.25) is 0 Å². The van der Waals surface area contributed by atoms with Gasteiger partial charge in [0, 0.05) is 45.7 Å². The third-order valence-corrected chi connectivity index (χ3v) is 8.41. The lowest BCUT2D eigenvalue weighted by molar-refractivity contribution is -0.122. The standard InChI is InChI=1S/C30H29N3O3.ClH/c34-29-26(23-8-5-6-19-14-17-36-28(19)23)27(30(35)31-29)24-18-33(25-9-2-1-7-22(24)25)21-12-10-20(11-13-21)32-15-3-4-16-32;/h1-2,5-9,14,17-18,20-21H,3-4,10-13,15-16H2,(H,31,34,35);1H. The maximum atomic E-state index is 13.2. The molecule has 7 rings (SSSR count). The molecule has 7 heteroatoms. The highest BCUT2D eigenvalue weighted by Crippen LogP contribution is 2.41. The van der Waals surface area contributed by atoms with Crippen molar-refractivity contribution in [2.24, 2.45) is 0 Å². The minimum Gasteiger partial charge on any atom is -0.464 e. The summed E-state index contributed by atoms with van der Waals surface area (Å²) in [5.74, 6) is -0.721. The Kier molecular flexibility index (Phi) is 6.17. The number of furan rings is 1. The summed E-state index contributed by atoms with van der Waals surface area (Å²) in [6.07, 6.45) is 11.1. The Bertz CT molecular complexity index is 1530. The number of amides is 2. The van der Waals surface area contributed by atoms with Crippen molar-refractivity contribution in [1.82, 2.24) is 14.8 Å². The Morgan fingerprint density at radius 2 is 1.49 bits per heavy atom. The summed E-state index contributed by atoms with van der Waals surface area (Å²) >= 11 is 0. The van der Waals surface area contributed by atoms with Crippen LogP contribution in [0.25, 0.3) is 33.0 Å². The number of hydrogen-bond acceptors (Lipinski definition) is 4. The molecule has 1 N–H and O–H groups in total. The van der Waals surface area contributed by atoms with Crippen molar-refractivity contribution in [3.05, 3.63) is 72.1 Å². The minimum absolute atomic E-state index is 0. The number of imide groups is 1. The molecule has 6 nitrogen and oxygen atoms in total. The van der Waals surface area contributed by atoms with Crippen LogP contribution in [0, 0.1) is 0 Å². The highest BCUT2D eigenvalue weighted by molar-refractivity contribution is 6.50. The minimum atomic E-state index is -0.373. The molecule has 4 aromatic rings. The van der Waals surface area contributed by atoms with Gasteiger partial charge >= 0.3 is 0 Å². The van der Waals surface area contributed by atoms with Crippen molar-refractivity contribution < 1.29 is 14.0 Å². The highest BCUT2D eigenvalue weighted by Gasteiger charge is 2.36. The lowest BCUT2D eigenvalue weighted by Gasteiger charge is -2.35. The molecule has 1 saturated carbocycles. The number of halogens is 1. The van der Waals surface area contributed by atoms with Crippen molar-refractivity contribution >= 4 is 57.2 Å². The fourth-order valence-corrected chi connectivity index (χ4v) is 6.67. The average Bonchev–Trinajstić information content (AvgIpc) is 3.70. The number of para-hydroxylation sites is 2. The molecule has 190 valence electrons. The molecular formula is C30H30ClN3O3. The van der Waals surface area contributed by atoms with Crippen molar-refractivity contribution in [3.8, 4) is 0 Å². The Balaban J connectivity index is 0.00000252. The summed E-state index contributed by atoms with van der Waals surface area (Å²) in [5.41, 5.74) is 4.03. The fraction of sp³-hybridized carbons (Fsp3) is 0.333. The monoisotopic (exact) mass is 515 g/mol. The largest absolute Gasteiger partial charge is 0.464 e. The highest BCUT2D eigenvalue weighted by atomic mass is 35.5. The van der Waals surface area contributed by atoms with Gasteiger partial charge < -0.3 is 13.9 Å². The first-order valence-corrected chi connectivity index (χ1v) is 13.1. The number of likely N-dealkylation sites (tertiary alicyclic amines) is 1. The van der Waals surface area contributed by atoms with E-state index in [2.05, 4.69) is 39.2 Å². The maximum absolute atomic E-state index is 13.2. The Hall–Kier alpha value is -3.35. The molecule has 0 atom stereocenters. The number of fused-ring (bicyclic) bond motifs is 2. The molecule has 2 amide bonds. The van der Waals surface area contributed by atoms with Crippen LogP contribution in [0.1, 0.15) is 55.7 Å². The maximum Gasteiger partial charge on any atom is 0.259 e. The zero-order valence-corrected chi connectivity index (χ0v) is 21.4. The summed E-state index contributed by atoms with van der Waals surface area (Å²) in [6.45, 7) is 2.49. The first kappa shape index (κ1) is 24.0. The van der Waals surface area contributed by atoms with E-state index in [0.717, 1.165) is 34.7 Å². The molecule has 0 bridgehead atoms. The van der Waals surface area contributed by atoms with E-state index in [9.17, 15) is 9.59 Å². The lowest BCUT2D eigenvalue weighted by atomic mass is 9.90. The molecule has 2 aromatic heterocycles. The second-order valence-corrected chi connectivity index (χ2v) is 10.4. The van der Waals surface area contributed by atoms with E-state index in [1.54, 1.807) is 6.26 Å². The topological polar surface area (TPSA) is 67.5 Å². The zero-order chi connectivity index (χ0) is 24.2. The second kappa shape index (κ2) is 9.51. The van der Waals surface area contributed by atoms with Gasteiger partial charge in [0.05, 0.1) is 17.4 Å². The van der Waals surface area contributed by atoms with Gasteiger partial charge in [-0.15, -0.1) is 12.4 Å². The Morgan fingerprint density at radius 3 is 2.27 bits per heavy atom. The number of nitrogens with zero attached hydrogens (tertiary/aromatic N) is 2. The van der Waals surface area contributed by atoms with Gasteiger partial charge in [0.2, 0.25) is 0 Å². The van der Waals surface area contributed by atoms with E-state index in [-0.39, 0.29) is 24.2 Å². The molecule has 2 fully saturated rings. The SMILES string of the molecule is Cl.O=C1NC(=O)C(c2cccc3ccoc23)=C1c1cn(C2CCC(N3CCCC3)CC2)c2ccccc12. The quantitative estimate of drug-likeness (QED) is 0.341. The zero-order valence-electron chi connectivity index (χ0n) is 20.6. The van der Waals surface area contributed by atoms with E-state index in [0.29, 0.717) is 34.4 Å². The molecule has 0 spiro atoms. The van der Waals surface area contributed by atoms with Crippen LogP contribution in [0.5, 0.6) is 0 Å². The van der Waals surface area contributed by atoms with E-state index < -0.39 is 0 Å². The molecule has 2 aliphatic heterocycles. The van der Waals surface area contributed by atoms with E-state index in [1.807, 2.05) is 30.3 Å². The normalized spacial score (nSPS) is 22.7. The van der Waals surface area contributed by atoms with Gasteiger partial charge in [0.25, 0.3) is 11.8 Å². The predicted molar refractivity (Wildman–Crippen MR) is 147 cm³/mol. The third-order valence-electron chi connectivity index (χ3n) is 8.41. The van der Waals surface area contributed by atoms with Crippen LogP contribution in [0.3, 0.4) is 0 Å². The summed E-state index contributed by atoms with van der Waals surface area (Å²) in [5, 5.41) is 4.46. The number of benzene rings is 2. The van der Waals surface area contributed by atoms with Crippen LogP contribution in [0.4, 0.5) is 0 Å². The number of aromatic nitrogens is 1. The summed E-state index contributed by atoms with van der Waals surface area (Å²) in [6, 6.07) is 16.9. The van der Waals surface area contributed by atoms with Gasteiger partial charge in [-0.25, -0.2) is 0 Å². The number of hydrogen-bond donors (Lipinski definition) is 1. The van der Waals surface area contributed by atoms with E-state index in [4.69, 9.17) is 4.42 Å². The van der Waals surface area contributed by atoms with E-state index in [1.165, 1.54) is 38.8 Å². The Morgan fingerprint density at radius 1 is 0.784 bits per heavy atom. The average molecular weight is 516 g/mol. The molecule has 0 unspecified atom stereocenters. The van der Waals surface area contributed by atoms with E-state index >= 15 is 0 Å². The first-order chi connectivity index (χ1) is 17.7. The van der Waals surface area contributed by atoms with Gasteiger partial charge in [-0.2, -0.15) is 0 Å². The van der Waals surface area contributed by atoms with Crippen molar-refractivity contribution in [2.75, 3.05) is 13.1 Å². The number of rotatable bonds is 4. The Labute approximate surface area is 221 Å². The van der Waals surface area contributed by atoms with Gasteiger partial charge in [-0.1, -0.05) is 36.4 Å². The van der Waals surface area contributed by atoms with Crippen LogP contribution in [-0.4, -0.2) is 40.4 Å². The van der Waals surface area contributed by atoms with Crippen molar-refractivity contribution in [1.29, 1.82) is 0 Å². The third kappa shape index (κ3) is 3.90. The second-order valence-electron chi connectivity index (χ2n) is 10.4. The van der Waals surface area contributed by atoms with Crippen molar-refractivity contribution in [2.45, 2.75) is 50.6 Å². The van der Waals surface area contributed by atoms with Crippen LogP contribution < -0.4 is 5.32 Å². The van der Waals surface area contributed by atoms with Gasteiger partial charge in [0.15, 0.2) is 0 Å². The molecule has 4 heterocycles. The number of carbonyl (C=O) groups is 2. The van der Waals surface area contributed by atoms with Crippen LogP contribution in [0.15, 0.2) is 65.4 Å². The lowest BCUT2D eigenvalue weighted by Crippen LogP contribution is -2.36. The molecule has 37 heavy (non-hydrogen) atoms. The number of carbonyl (C=O) groups excluding carboxylic acids is 2. The molecule has 0 radical (unpaired) electrons. The first-order valence-electron chi connectivity index (χ1n) is 13.1. The van der Waals surface area contributed by atoms with Gasteiger partial charge in [0.1, 0.15) is 5.58 Å². The summed E-state index contributed by atoms with van der Waals surface area (Å²) in [7, 11) is 0. The molecule has 3 aliphatic rings. The van der Waals surface area contributed by atoms with Crippen LogP contribution in [-0.2, 0) is 9.59 Å². The molecule has 2 aromatic carbocycles. The smallest absolute Gasteiger partial charge is 0.259 e. The van der Waals surface area contributed by atoms with Gasteiger partial charge in [-0.05, 0) is 63.7 Å². The fourth-order valence-electron chi connectivity index (χ4n) is 6.67. The summed E-state index contributed by atoms with van der Waals surface area (Å²) < 4.78 is 8.09. The molecular weight excluding hydrogens is 486 g/mol.